The minimum absolute atomic E-state index is 0.614. The molecule has 2 rings (SSSR count). The van der Waals surface area contributed by atoms with Crippen molar-refractivity contribution in [2.75, 3.05) is 52.5 Å². The van der Waals surface area contributed by atoms with E-state index >= 15 is 0 Å². The zero-order valence-electron chi connectivity index (χ0n) is 12.0. The molecule has 4 nitrogen and oxygen atoms in total. The number of morpholine rings is 1. The Hall–Kier alpha value is -0.160. The van der Waals surface area contributed by atoms with Crippen LogP contribution in [0.15, 0.2) is 0 Å². The Morgan fingerprint density at radius 3 is 2.56 bits per heavy atom. The summed E-state index contributed by atoms with van der Waals surface area (Å²) in [4.78, 5) is 5.14. The zero-order valence-corrected chi connectivity index (χ0v) is 12.0. The monoisotopic (exact) mass is 255 g/mol. The van der Waals surface area contributed by atoms with E-state index in [-0.39, 0.29) is 0 Å². The van der Waals surface area contributed by atoms with Crippen LogP contribution < -0.4 is 5.32 Å². The SMILES string of the molecule is CC(C)NC1CCN(CCCN2CCOCC2)C1. The molecule has 0 aromatic rings. The van der Waals surface area contributed by atoms with Crippen molar-refractivity contribution in [3.8, 4) is 0 Å². The van der Waals surface area contributed by atoms with E-state index in [9.17, 15) is 0 Å². The van der Waals surface area contributed by atoms with Gasteiger partial charge in [0.25, 0.3) is 0 Å². The Labute approximate surface area is 112 Å². The molecule has 106 valence electrons. The summed E-state index contributed by atoms with van der Waals surface area (Å²) in [5, 5.41) is 3.64. The molecule has 4 heteroatoms. The number of nitrogens with one attached hydrogen (secondary N) is 1. The lowest BCUT2D eigenvalue weighted by molar-refractivity contribution is 0.0364. The molecule has 2 aliphatic heterocycles. The molecule has 0 saturated carbocycles. The van der Waals surface area contributed by atoms with Gasteiger partial charge in [0.15, 0.2) is 0 Å². The Morgan fingerprint density at radius 1 is 1.11 bits per heavy atom. The van der Waals surface area contributed by atoms with E-state index in [1.807, 2.05) is 0 Å². The molecule has 1 atom stereocenters. The van der Waals surface area contributed by atoms with Gasteiger partial charge in [-0.05, 0) is 32.5 Å². The van der Waals surface area contributed by atoms with Crippen molar-refractivity contribution in [3.05, 3.63) is 0 Å². The number of rotatable bonds is 6. The lowest BCUT2D eigenvalue weighted by Crippen LogP contribution is -2.39. The molecule has 2 heterocycles. The zero-order chi connectivity index (χ0) is 12.8. The van der Waals surface area contributed by atoms with Crippen LogP contribution in [-0.4, -0.2) is 74.4 Å². The predicted molar refractivity (Wildman–Crippen MR) is 75.0 cm³/mol. The van der Waals surface area contributed by atoms with Crippen LogP contribution in [0.3, 0.4) is 0 Å². The highest BCUT2D eigenvalue weighted by Crippen LogP contribution is 2.10. The first-order valence-corrected chi connectivity index (χ1v) is 7.52. The van der Waals surface area contributed by atoms with Gasteiger partial charge in [-0.1, -0.05) is 13.8 Å². The second-order valence-electron chi connectivity index (χ2n) is 5.92. The van der Waals surface area contributed by atoms with Crippen LogP contribution in [-0.2, 0) is 4.74 Å². The van der Waals surface area contributed by atoms with Gasteiger partial charge in [0, 0.05) is 31.7 Å². The van der Waals surface area contributed by atoms with Crippen molar-refractivity contribution in [1.29, 1.82) is 0 Å². The fourth-order valence-corrected chi connectivity index (χ4v) is 2.99. The van der Waals surface area contributed by atoms with E-state index in [0.717, 1.165) is 26.3 Å². The first-order valence-electron chi connectivity index (χ1n) is 7.52. The maximum absolute atomic E-state index is 5.37. The minimum atomic E-state index is 0.614. The lowest BCUT2D eigenvalue weighted by Gasteiger charge is -2.27. The highest BCUT2D eigenvalue weighted by molar-refractivity contribution is 4.82. The third-order valence-electron chi connectivity index (χ3n) is 3.89. The minimum Gasteiger partial charge on any atom is -0.379 e. The van der Waals surface area contributed by atoms with E-state index < -0.39 is 0 Å². The Morgan fingerprint density at radius 2 is 1.83 bits per heavy atom. The molecule has 0 aromatic heterocycles. The van der Waals surface area contributed by atoms with Gasteiger partial charge in [-0.15, -0.1) is 0 Å². The standard InChI is InChI=1S/C14H29N3O/c1-13(2)15-14-4-7-17(12-14)6-3-5-16-8-10-18-11-9-16/h13-15H,3-12H2,1-2H3. The normalized spacial score (nSPS) is 27.2. The molecule has 2 fully saturated rings. The number of ether oxygens (including phenoxy) is 1. The van der Waals surface area contributed by atoms with Crippen LogP contribution in [0.25, 0.3) is 0 Å². The Bertz CT molecular complexity index is 229. The second kappa shape index (κ2) is 7.43. The van der Waals surface area contributed by atoms with Gasteiger partial charge in [-0.2, -0.15) is 0 Å². The van der Waals surface area contributed by atoms with Crippen LogP contribution in [0.5, 0.6) is 0 Å². The van der Waals surface area contributed by atoms with E-state index in [2.05, 4.69) is 29.0 Å². The van der Waals surface area contributed by atoms with E-state index in [0.29, 0.717) is 12.1 Å². The predicted octanol–water partition coefficient (Wildman–Crippen LogP) is 0.781. The molecular formula is C14H29N3O. The molecule has 0 spiro atoms. The smallest absolute Gasteiger partial charge is 0.0594 e. The summed E-state index contributed by atoms with van der Waals surface area (Å²) in [5.74, 6) is 0. The number of hydrogen-bond acceptors (Lipinski definition) is 4. The fourth-order valence-electron chi connectivity index (χ4n) is 2.99. The summed E-state index contributed by atoms with van der Waals surface area (Å²) in [6.07, 6.45) is 2.62. The number of likely N-dealkylation sites (tertiary alicyclic amines) is 1. The summed E-state index contributed by atoms with van der Waals surface area (Å²) in [6, 6.07) is 1.33. The van der Waals surface area contributed by atoms with Crippen molar-refractivity contribution in [2.24, 2.45) is 0 Å². The van der Waals surface area contributed by atoms with Crippen molar-refractivity contribution >= 4 is 0 Å². The molecule has 18 heavy (non-hydrogen) atoms. The van der Waals surface area contributed by atoms with E-state index in [1.54, 1.807) is 0 Å². The molecule has 1 N–H and O–H groups in total. The summed E-state index contributed by atoms with van der Waals surface area (Å²) < 4.78 is 5.37. The van der Waals surface area contributed by atoms with Gasteiger partial charge in [-0.25, -0.2) is 0 Å². The Kier molecular flexibility index (Phi) is 5.89. The van der Waals surface area contributed by atoms with Crippen LogP contribution >= 0.6 is 0 Å². The van der Waals surface area contributed by atoms with Crippen molar-refractivity contribution in [3.63, 3.8) is 0 Å². The fraction of sp³-hybridized carbons (Fsp3) is 1.00. The average molecular weight is 255 g/mol. The molecule has 1 unspecified atom stereocenters. The molecule has 0 radical (unpaired) electrons. The summed E-state index contributed by atoms with van der Waals surface area (Å²) in [6.45, 7) is 13.6. The molecule has 0 aromatic carbocycles. The topological polar surface area (TPSA) is 27.7 Å². The van der Waals surface area contributed by atoms with Crippen LogP contribution in [0, 0.1) is 0 Å². The summed E-state index contributed by atoms with van der Waals surface area (Å²) in [7, 11) is 0. The first-order chi connectivity index (χ1) is 8.74. The van der Waals surface area contributed by atoms with Crippen LogP contribution in [0.4, 0.5) is 0 Å². The van der Waals surface area contributed by atoms with E-state index in [4.69, 9.17) is 4.74 Å². The average Bonchev–Trinajstić information content (AvgIpc) is 2.77. The van der Waals surface area contributed by atoms with Gasteiger partial charge in [0.05, 0.1) is 13.2 Å². The third kappa shape index (κ3) is 4.84. The van der Waals surface area contributed by atoms with Gasteiger partial charge < -0.3 is 15.0 Å². The lowest BCUT2D eigenvalue weighted by atomic mass is 10.2. The van der Waals surface area contributed by atoms with Crippen LogP contribution in [0.1, 0.15) is 26.7 Å². The second-order valence-corrected chi connectivity index (χ2v) is 5.92. The van der Waals surface area contributed by atoms with Crippen LogP contribution in [0.2, 0.25) is 0 Å². The van der Waals surface area contributed by atoms with Crippen molar-refractivity contribution in [2.45, 2.75) is 38.8 Å². The first kappa shape index (κ1) is 14.3. The summed E-state index contributed by atoms with van der Waals surface area (Å²) >= 11 is 0. The molecular weight excluding hydrogens is 226 g/mol. The number of hydrogen-bond donors (Lipinski definition) is 1. The van der Waals surface area contributed by atoms with E-state index in [1.165, 1.54) is 39.0 Å². The Balaban J connectivity index is 1.54. The van der Waals surface area contributed by atoms with Gasteiger partial charge in [0.2, 0.25) is 0 Å². The number of nitrogens with zero attached hydrogens (tertiary/aromatic N) is 2. The van der Waals surface area contributed by atoms with Crippen molar-refractivity contribution in [1.82, 2.24) is 15.1 Å². The largest absolute Gasteiger partial charge is 0.379 e. The highest BCUT2D eigenvalue weighted by atomic mass is 16.5. The van der Waals surface area contributed by atoms with Gasteiger partial charge in [0.1, 0.15) is 0 Å². The maximum Gasteiger partial charge on any atom is 0.0594 e. The molecule has 2 saturated heterocycles. The molecule has 0 amide bonds. The third-order valence-corrected chi connectivity index (χ3v) is 3.89. The molecule has 0 aliphatic carbocycles. The summed E-state index contributed by atoms with van der Waals surface area (Å²) in [5.41, 5.74) is 0. The van der Waals surface area contributed by atoms with Gasteiger partial charge >= 0.3 is 0 Å². The maximum atomic E-state index is 5.37. The van der Waals surface area contributed by atoms with Crippen molar-refractivity contribution < 1.29 is 4.74 Å². The van der Waals surface area contributed by atoms with Gasteiger partial charge in [-0.3, -0.25) is 4.90 Å². The quantitative estimate of drug-likeness (QED) is 0.759. The molecule has 2 aliphatic rings. The highest BCUT2D eigenvalue weighted by Gasteiger charge is 2.22. The molecule has 0 bridgehead atoms.